The van der Waals surface area contributed by atoms with Crippen molar-refractivity contribution in [1.82, 2.24) is 5.32 Å². The second-order valence-electron chi connectivity index (χ2n) is 6.90. The maximum absolute atomic E-state index is 12.7. The molecule has 0 amide bonds. The molecule has 31 heavy (non-hydrogen) atoms. The molecule has 1 heterocycles. The van der Waals surface area contributed by atoms with E-state index in [9.17, 15) is 14.9 Å². The number of carbonyl (C=O) groups excluding carboxylic acids is 2. The van der Waals surface area contributed by atoms with Gasteiger partial charge >= 0.3 is 0 Å². The van der Waals surface area contributed by atoms with Crippen molar-refractivity contribution < 1.29 is 9.59 Å². The number of carbonyl (C=O) groups is 2. The molecule has 0 spiro atoms. The molecule has 1 aliphatic rings. The van der Waals surface area contributed by atoms with Gasteiger partial charge in [-0.2, -0.15) is 5.26 Å². The Morgan fingerprint density at radius 1 is 1.19 bits per heavy atom. The second kappa shape index (κ2) is 10.1. The van der Waals surface area contributed by atoms with E-state index in [-0.39, 0.29) is 17.3 Å². The zero-order chi connectivity index (χ0) is 22.7. The van der Waals surface area contributed by atoms with Gasteiger partial charge < -0.3 is 5.32 Å². The van der Waals surface area contributed by atoms with Crippen molar-refractivity contribution in [2.24, 2.45) is 0 Å². The van der Waals surface area contributed by atoms with Crippen molar-refractivity contribution in [3.05, 3.63) is 90.0 Å². The summed E-state index contributed by atoms with van der Waals surface area (Å²) in [5.41, 5.74) is 2.75. The van der Waals surface area contributed by atoms with Gasteiger partial charge in [-0.05, 0) is 49.7 Å². The smallest absolute Gasteiger partial charge is 0.174 e. The minimum absolute atomic E-state index is 0.0588. The Hall–Kier alpha value is -2.04. The lowest BCUT2D eigenvalue weighted by Gasteiger charge is -2.29. The Morgan fingerprint density at radius 3 is 2.48 bits per heavy atom. The van der Waals surface area contributed by atoms with Crippen LogP contribution in [0.25, 0.3) is 0 Å². The number of hydrogen-bond donors (Lipinski definition) is 1. The van der Waals surface area contributed by atoms with E-state index in [4.69, 9.17) is 23.2 Å². The van der Waals surface area contributed by atoms with Crippen LogP contribution in [0.15, 0.2) is 68.8 Å². The molecule has 0 unspecified atom stereocenters. The number of allylic oxidation sites excluding steroid dienone is 3. The molecule has 1 atom stereocenters. The van der Waals surface area contributed by atoms with Gasteiger partial charge in [-0.15, -0.1) is 0 Å². The molecular formula is C23H17BrCl2N2O2S. The number of ketones is 2. The third kappa shape index (κ3) is 5.24. The molecule has 1 N–H and O–H groups in total. The molecular weight excluding hydrogens is 519 g/mol. The molecule has 8 heteroatoms. The molecule has 0 aromatic heterocycles. The van der Waals surface area contributed by atoms with E-state index in [0.717, 1.165) is 10.0 Å². The molecule has 0 fully saturated rings. The minimum atomic E-state index is -0.510. The van der Waals surface area contributed by atoms with Crippen LogP contribution in [0.1, 0.15) is 35.7 Å². The Bertz CT molecular complexity index is 1170. The van der Waals surface area contributed by atoms with E-state index < -0.39 is 5.92 Å². The monoisotopic (exact) mass is 534 g/mol. The van der Waals surface area contributed by atoms with Gasteiger partial charge in [0.1, 0.15) is 0 Å². The fourth-order valence-corrected chi connectivity index (χ4v) is 5.04. The second-order valence-corrected chi connectivity index (χ2v) is 9.64. The van der Waals surface area contributed by atoms with E-state index in [1.807, 2.05) is 24.3 Å². The van der Waals surface area contributed by atoms with Gasteiger partial charge in [-0.3, -0.25) is 9.59 Å². The Labute approximate surface area is 203 Å². The SMILES string of the molecule is CC(=O)C1=C(C)NC(SCC(=O)c2cc(Cl)ccc2Cl)=C(C#N)[C@H]1c1ccc(Br)cc1. The van der Waals surface area contributed by atoms with Crippen molar-refractivity contribution in [2.45, 2.75) is 19.8 Å². The number of thioether (sulfide) groups is 1. The van der Waals surface area contributed by atoms with E-state index in [2.05, 4.69) is 27.3 Å². The molecule has 0 saturated heterocycles. The van der Waals surface area contributed by atoms with Crippen molar-refractivity contribution in [2.75, 3.05) is 5.75 Å². The Morgan fingerprint density at radius 2 is 1.87 bits per heavy atom. The summed E-state index contributed by atoms with van der Waals surface area (Å²) >= 11 is 16.8. The molecule has 0 saturated carbocycles. The van der Waals surface area contributed by atoms with Crippen LogP contribution >= 0.6 is 50.9 Å². The van der Waals surface area contributed by atoms with Gasteiger partial charge in [-0.25, -0.2) is 0 Å². The zero-order valence-corrected chi connectivity index (χ0v) is 20.5. The molecule has 3 rings (SSSR count). The number of nitrogens with one attached hydrogen (secondary N) is 1. The van der Waals surface area contributed by atoms with Crippen molar-refractivity contribution in [1.29, 1.82) is 5.26 Å². The zero-order valence-electron chi connectivity index (χ0n) is 16.6. The minimum Gasteiger partial charge on any atom is -0.353 e. The Balaban J connectivity index is 1.97. The number of hydrogen-bond acceptors (Lipinski definition) is 5. The average molecular weight is 536 g/mol. The molecule has 0 aliphatic carbocycles. The topological polar surface area (TPSA) is 70.0 Å². The summed E-state index contributed by atoms with van der Waals surface area (Å²) in [5, 5.41) is 14.4. The molecule has 0 bridgehead atoms. The Kier molecular flexibility index (Phi) is 7.66. The summed E-state index contributed by atoms with van der Waals surface area (Å²) < 4.78 is 0.899. The highest BCUT2D eigenvalue weighted by Crippen LogP contribution is 2.41. The molecule has 0 radical (unpaired) electrons. The molecule has 1 aliphatic heterocycles. The summed E-state index contributed by atoms with van der Waals surface area (Å²) in [4.78, 5) is 25.2. The third-order valence-electron chi connectivity index (χ3n) is 4.81. The first-order valence-corrected chi connectivity index (χ1v) is 11.8. The first-order valence-electron chi connectivity index (χ1n) is 9.22. The first-order chi connectivity index (χ1) is 14.7. The number of nitriles is 1. The fraction of sp³-hybridized carbons (Fsp3) is 0.174. The summed E-state index contributed by atoms with van der Waals surface area (Å²) in [6.07, 6.45) is 0. The first kappa shape index (κ1) is 23.6. The van der Waals surface area contributed by atoms with Crippen LogP contribution in [0.4, 0.5) is 0 Å². The number of benzene rings is 2. The number of halogens is 3. The van der Waals surface area contributed by atoms with E-state index >= 15 is 0 Å². The molecule has 2 aromatic carbocycles. The predicted octanol–water partition coefficient (Wildman–Crippen LogP) is 6.66. The van der Waals surface area contributed by atoms with Gasteiger partial charge in [0.05, 0.1) is 33.4 Å². The van der Waals surface area contributed by atoms with Gasteiger partial charge in [0.15, 0.2) is 11.6 Å². The van der Waals surface area contributed by atoms with Gasteiger partial charge in [-0.1, -0.05) is 63.0 Å². The van der Waals surface area contributed by atoms with E-state index in [1.54, 1.807) is 19.1 Å². The lowest BCUT2D eigenvalue weighted by Crippen LogP contribution is -2.27. The van der Waals surface area contributed by atoms with E-state index in [1.165, 1.54) is 24.8 Å². The van der Waals surface area contributed by atoms with Crippen LogP contribution in [-0.2, 0) is 4.79 Å². The molecule has 2 aromatic rings. The van der Waals surface area contributed by atoms with Gasteiger partial charge in [0.25, 0.3) is 0 Å². The number of nitrogens with zero attached hydrogens (tertiary/aromatic N) is 1. The lowest BCUT2D eigenvalue weighted by molar-refractivity contribution is -0.113. The van der Waals surface area contributed by atoms with Gasteiger partial charge in [0.2, 0.25) is 0 Å². The summed E-state index contributed by atoms with van der Waals surface area (Å²) in [6.45, 7) is 3.29. The summed E-state index contributed by atoms with van der Waals surface area (Å²) in [5.74, 6) is -0.771. The average Bonchev–Trinajstić information content (AvgIpc) is 2.73. The van der Waals surface area contributed by atoms with Crippen LogP contribution < -0.4 is 5.32 Å². The van der Waals surface area contributed by atoms with Crippen molar-refractivity contribution in [3.8, 4) is 6.07 Å². The largest absolute Gasteiger partial charge is 0.353 e. The fourth-order valence-electron chi connectivity index (χ4n) is 3.41. The van der Waals surface area contributed by atoms with Gasteiger partial charge in [0, 0.05) is 26.3 Å². The lowest BCUT2D eigenvalue weighted by atomic mass is 9.81. The van der Waals surface area contributed by atoms with Crippen LogP contribution in [0.5, 0.6) is 0 Å². The van der Waals surface area contributed by atoms with Crippen LogP contribution in [0.2, 0.25) is 10.0 Å². The highest BCUT2D eigenvalue weighted by molar-refractivity contribution is 9.10. The normalized spacial score (nSPS) is 16.1. The quantitative estimate of drug-likeness (QED) is 0.419. The van der Waals surface area contributed by atoms with Crippen molar-refractivity contribution in [3.63, 3.8) is 0 Å². The van der Waals surface area contributed by atoms with E-state index in [0.29, 0.717) is 37.5 Å². The van der Waals surface area contributed by atoms with Crippen LogP contribution in [-0.4, -0.2) is 17.3 Å². The number of dihydropyridines is 1. The number of rotatable bonds is 6. The molecule has 4 nitrogen and oxygen atoms in total. The highest BCUT2D eigenvalue weighted by Gasteiger charge is 2.33. The summed E-state index contributed by atoms with van der Waals surface area (Å²) in [6, 6.07) is 14.5. The summed E-state index contributed by atoms with van der Waals surface area (Å²) in [7, 11) is 0. The maximum atomic E-state index is 12.7. The highest BCUT2D eigenvalue weighted by atomic mass is 79.9. The van der Waals surface area contributed by atoms with Crippen LogP contribution in [0, 0.1) is 11.3 Å². The maximum Gasteiger partial charge on any atom is 0.174 e. The molecule has 158 valence electrons. The third-order valence-corrected chi connectivity index (χ3v) is 6.92. The standard InChI is InChI=1S/C23H17BrCl2N2O2S/c1-12-21(13(2)29)22(14-3-5-15(24)6-4-14)18(10-27)23(28-12)31-11-20(30)17-9-16(25)7-8-19(17)26/h3-9,22,28H,11H2,1-2H3/t22-/m1/s1. The van der Waals surface area contributed by atoms with Crippen molar-refractivity contribution >= 4 is 62.5 Å². The van der Waals surface area contributed by atoms with Crippen LogP contribution in [0.3, 0.4) is 0 Å². The predicted molar refractivity (Wildman–Crippen MR) is 129 cm³/mol. The number of Topliss-reactive ketones (excluding diaryl/α,β-unsaturated/α-hetero) is 2.